The zero-order valence-electron chi connectivity index (χ0n) is 9.32. The maximum atomic E-state index is 5.95. The summed E-state index contributed by atoms with van der Waals surface area (Å²) in [5.41, 5.74) is 0.169. The van der Waals surface area contributed by atoms with E-state index in [1.807, 2.05) is 0 Å². The number of halogens is 2. The van der Waals surface area contributed by atoms with Crippen LogP contribution in [0.1, 0.15) is 39.5 Å². The Balaban J connectivity index is 1.95. The molecule has 1 aliphatic carbocycles. The first-order valence-electron chi connectivity index (χ1n) is 5.48. The van der Waals surface area contributed by atoms with Crippen molar-refractivity contribution in [2.75, 3.05) is 13.2 Å². The molecule has 0 aromatic rings. The Labute approximate surface area is 108 Å². The van der Waals surface area contributed by atoms with Gasteiger partial charge in [-0.15, -0.1) is 0 Å². The van der Waals surface area contributed by atoms with Crippen molar-refractivity contribution in [3.63, 3.8) is 0 Å². The molecule has 0 aromatic heterocycles. The van der Waals surface area contributed by atoms with Crippen molar-refractivity contribution in [2.45, 2.75) is 48.6 Å². The molecule has 2 nitrogen and oxygen atoms in total. The van der Waals surface area contributed by atoms with Gasteiger partial charge in [0.2, 0.25) is 0 Å². The molecule has 1 spiro atoms. The first-order valence-corrected chi connectivity index (χ1v) is 7.07. The predicted molar refractivity (Wildman–Crippen MR) is 67.5 cm³/mol. The molecule has 2 rings (SSSR count). The Kier molecular flexibility index (Phi) is 3.26. The number of hydrogen-bond acceptors (Lipinski definition) is 2. The molecule has 1 heterocycles. The third-order valence-electron chi connectivity index (χ3n) is 3.20. The van der Waals surface area contributed by atoms with E-state index in [-0.39, 0.29) is 14.4 Å². The van der Waals surface area contributed by atoms with Crippen LogP contribution in [0.3, 0.4) is 0 Å². The van der Waals surface area contributed by atoms with Gasteiger partial charge in [0, 0.05) is 18.3 Å². The summed E-state index contributed by atoms with van der Waals surface area (Å²) in [4.78, 5) is 0. The van der Waals surface area contributed by atoms with E-state index >= 15 is 0 Å². The van der Waals surface area contributed by atoms with Gasteiger partial charge in [0.25, 0.3) is 0 Å². The van der Waals surface area contributed by atoms with Crippen molar-refractivity contribution in [1.29, 1.82) is 0 Å². The van der Waals surface area contributed by atoms with Crippen molar-refractivity contribution in [1.82, 2.24) is 0 Å². The van der Waals surface area contributed by atoms with E-state index in [2.05, 4.69) is 45.7 Å². The lowest BCUT2D eigenvalue weighted by Gasteiger charge is -2.47. The Bertz CT molecular complexity index is 201. The Morgan fingerprint density at radius 1 is 0.867 bits per heavy atom. The Morgan fingerprint density at radius 3 is 1.80 bits per heavy atom. The van der Waals surface area contributed by atoms with Gasteiger partial charge in [0.05, 0.1) is 16.4 Å². The fraction of sp³-hybridized carbons (Fsp3) is 1.00. The molecule has 1 saturated heterocycles. The smallest absolute Gasteiger partial charge is 0.168 e. The van der Waals surface area contributed by atoms with Crippen LogP contribution >= 0.6 is 31.9 Å². The normalized spacial score (nSPS) is 32.8. The molecular formula is C11H18Br2O2. The third kappa shape index (κ3) is 2.96. The summed E-state index contributed by atoms with van der Waals surface area (Å²) in [5, 5.41) is 0. The average Bonchev–Trinajstić information content (AvgIpc) is 2.15. The van der Waals surface area contributed by atoms with Gasteiger partial charge in [-0.3, -0.25) is 0 Å². The van der Waals surface area contributed by atoms with Gasteiger partial charge in [0.1, 0.15) is 0 Å². The van der Waals surface area contributed by atoms with E-state index in [0.29, 0.717) is 0 Å². The fourth-order valence-electron chi connectivity index (χ4n) is 2.02. The summed E-state index contributed by atoms with van der Waals surface area (Å²) in [5.74, 6) is -0.291. The molecule has 0 aromatic carbocycles. The molecule has 0 radical (unpaired) electrons. The minimum Gasteiger partial charge on any atom is -0.349 e. The van der Waals surface area contributed by atoms with Crippen LogP contribution in [0, 0.1) is 5.41 Å². The van der Waals surface area contributed by atoms with Gasteiger partial charge in [-0.05, 0) is 12.8 Å². The van der Waals surface area contributed by atoms with Crippen LogP contribution in [-0.4, -0.2) is 22.2 Å². The second kappa shape index (κ2) is 3.97. The fourth-order valence-corrected chi connectivity index (χ4v) is 2.82. The van der Waals surface area contributed by atoms with Crippen molar-refractivity contribution in [3.05, 3.63) is 0 Å². The van der Waals surface area contributed by atoms with Crippen LogP contribution < -0.4 is 0 Å². The van der Waals surface area contributed by atoms with Gasteiger partial charge in [-0.1, -0.05) is 45.7 Å². The zero-order chi connectivity index (χ0) is 11.2. The van der Waals surface area contributed by atoms with Crippen molar-refractivity contribution < 1.29 is 9.47 Å². The van der Waals surface area contributed by atoms with Gasteiger partial charge >= 0.3 is 0 Å². The Morgan fingerprint density at radius 2 is 1.33 bits per heavy atom. The standard InChI is InChI=1S/C11H18Br2O2/c1-9(2)7-14-11(15-8-9)5-3-10(12,13)4-6-11/h3-8H2,1-2H3. The molecule has 1 aliphatic heterocycles. The third-order valence-corrected chi connectivity index (χ3v) is 4.78. The van der Waals surface area contributed by atoms with E-state index in [9.17, 15) is 0 Å². The maximum absolute atomic E-state index is 5.95. The second-order valence-electron chi connectivity index (χ2n) is 5.51. The maximum Gasteiger partial charge on any atom is 0.168 e. The van der Waals surface area contributed by atoms with E-state index in [1.54, 1.807) is 0 Å². The van der Waals surface area contributed by atoms with Gasteiger partial charge in [-0.25, -0.2) is 0 Å². The lowest BCUT2D eigenvalue weighted by atomic mass is 9.89. The van der Waals surface area contributed by atoms with E-state index in [1.165, 1.54) is 0 Å². The van der Waals surface area contributed by atoms with Crippen molar-refractivity contribution >= 4 is 31.9 Å². The monoisotopic (exact) mass is 340 g/mol. The topological polar surface area (TPSA) is 18.5 Å². The highest BCUT2D eigenvalue weighted by Crippen LogP contribution is 2.48. The molecule has 2 aliphatic rings. The lowest BCUT2D eigenvalue weighted by molar-refractivity contribution is -0.309. The first-order chi connectivity index (χ1) is 6.83. The predicted octanol–water partition coefficient (Wildman–Crippen LogP) is 3.82. The summed E-state index contributed by atoms with van der Waals surface area (Å²) in [6, 6.07) is 0. The molecule has 2 fully saturated rings. The average molecular weight is 342 g/mol. The van der Waals surface area contributed by atoms with Crippen LogP contribution in [0.4, 0.5) is 0 Å². The highest BCUT2D eigenvalue weighted by molar-refractivity contribution is 9.25. The quantitative estimate of drug-likeness (QED) is 0.624. The van der Waals surface area contributed by atoms with Crippen LogP contribution in [0.2, 0.25) is 0 Å². The molecule has 0 amide bonds. The van der Waals surface area contributed by atoms with Gasteiger partial charge in [0.15, 0.2) is 5.79 Å². The molecule has 0 N–H and O–H groups in total. The van der Waals surface area contributed by atoms with E-state index in [0.717, 1.165) is 38.9 Å². The van der Waals surface area contributed by atoms with Crippen LogP contribution in [0.5, 0.6) is 0 Å². The SMILES string of the molecule is CC1(C)COC2(CCC(Br)(Br)CC2)OC1. The van der Waals surface area contributed by atoms with Gasteiger partial charge in [-0.2, -0.15) is 0 Å². The summed E-state index contributed by atoms with van der Waals surface area (Å²) in [7, 11) is 0. The number of ether oxygens (including phenoxy) is 2. The summed E-state index contributed by atoms with van der Waals surface area (Å²) < 4.78 is 12.0. The molecule has 1 saturated carbocycles. The van der Waals surface area contributed by atoms with Crippen LogP contribution in [0.15, 0.2) is 0 Å². The molecule has 0 bridgehead atoms. The van der Waals surface area contributed by atoms with Gasteiger partial charge < -0.3 is 9.47 Å². The molecule has 88 valence electrons. The molecular weight excluding hydrogens is 324 g/mol. The van der Waals surface area contributed by atoms with E-state index < -0.39 is 0 Å². The largest absolute Gasteiger partial charge is 0.349 e. The molecule has 4 heteroatoms. The number of rotatable bonds is 0. The second-order valence-corrected chi connectivity index (χ2v) is 9.61. The highest BCUT2D eigenvalue weighted by atomic mass is 79.9. The summed E-state index contributed by atoms with van der Waals surface area (Å²) in [6.07, 6.45) is 4.04. The van der Waals surface area contributed by atoms with E-state index in [4.69, 9.17) is 9.47 Å². The van der Waals surface area contributed by atoms with Crippen LogP contribution in [-0.2, 0) is 9.47 Å². The highest BCUT2D eigenvalue weighted by Gasteiger charge is 2.46. The number of hydrogen-bond donors (Lipinski definition) is 0. The zero-order valence-corrected chi connectivity index (χ0v) is 12.5. The first kappa shape index (κ1) is 12.3. The number of alkyl halides is 2. The summed E-state index contributed by atoms with van der Waals surface area (Å²) >= 11 is 7.34. The minimum atomic E-state index is -0.291. The molecule has 0 unspecified atom stereocenters. The minimum absolute atomic E-state index is 0.102. The van der Waals surface area contributed by atoms with Crippen LogP contribution in [0.25, 0.3) is 0 Å². The Hall–Kier alpha value is 0.880. The van der Waals surface area contributed by atoms with Crippen molar-refractivity contribution in [3.8, 4) is 0 Å². The summed E-state index contributed by atoms with van der Waals surface area (Å²) in [6.45, 7) is 5.99. The molecule has 15 heavy (non-hydrogen) atoms. The molecule has 0 atom stereocenters. The lowest BCUT2D eigenvalue weighted by Crippen LogP contribution is -2.50. The van der Waals surface area contributed by atoms with Crippen molar-refractivity contribution in [2.24, 2.45) is 5.41 Å².